The highest BCUT2D eigenvalue weighted by Gasteiger charge is 2.23. The number of aliphatic hydroxyl groups excluding tert-OH is 1. The van der Waals surface area contributed by atoms with Gasteiger partial charge in [-0.05, 0) is 48.1 Å². The summed E-state index contributed by atoms with van der Waals surface area (Å²) in [7, 11) is 0. The monoisotopic (exact) mass is 424 g/mol. The Morgan fingerprint density at radius 1 is 1.00 bits per heavy atom. The van der Waals surface area contributed by atoms with Crippen molar-refractivity contribution in [2.45, 2.75) is 38.0 Å². The molecule has 6 heteroatoms. The zero-order chi connectivity index (χ0) is 21.0. The Morgan fingerprint density at radius 2 is 1.81 bits per heavy atom. The lowest BCUT2D eigenvalue weighted by molar-refractivity contribution is -0.0325. The molecule has 1 fully saturated rings. The standard InChI is InChI=1S/C25H32N2O4/c28-21(17-29-23-7-3-5-20-4-1-2-6-22(20)23)16-27-12-10-26(11-13-27)15-19-8-9-24-25(14-19)31-18-30-24/h1-2,4,6,8-9,14,21,23,28H,3,5,7,10-13,15-18H2/t21-,23-/m1/s1. The average Bonchev–Trinajstić information content (AvgIpc) is 3.27. The Hall–Kier alpha value is -2.12. The van der Waals surface area contributed by atoms with Crippen molar-refractivity contribution in [3.8, 4) is 11.5 Å². The zero-order valence-corrected chi connectivity index (χ0v) is 18.0. The van der Waals surface area contributed by atoms with Crippen LogP contribution in [-0.4, -0.2) is 67.1 Å². The minimum Gasteiger partial charge on any atom is -0.454 e. The van der Waals surface area contributed by atoms with E-state index in [1.165, 1.54) is 16.7 Å². The number of β-amino-alcohol motifs (C(OH)–C–C–N with tert-alkyl or cyclic N) is 1. The van der Waals surface area contributed by atoms with E-state index in [9.17, 15) is 5.11 Å². The van der Waals surface area contributed by atoms with E-state index >= 15 is 0 Å². The smallest absolute Gasteiger partial charge is 0.231 e. The summed E-state index contributed by atoms with van der Waals surface area (Å²) < 4.78 is 17.0. The maximum Gasteiger partial charge on any atom is 0.231 e. The predicted molar refractivity (Wildman–Crippen MR) is 118 cm³/mol. The molecule has 0 bridgehead atoms. The van der Waals surface area contributed by atoms with Crippen LogP contribution in [0.2, 0.25) is 0 Å². The van der Waals surface area contributed by atoms with Crippen LogP contribution in [-0.2, 0) is 17.7 Å². The number of ether oxygens (including phenoxy) is 3. The summed E-state index contributed by atoms with van der Waals surface area (Å²) in [6.07, 6.45) is 3.01. The number of fused-ring (bicyclic) bond motifs is 2. The minimum atomic E-state index is -0.450. The molecule has 2 heterocycles. The van der Waals surface area contributed by atoms with E-state index in [-0.39, 0.29) is 6.10 Å². The van der Waals surface area contributed by atoms with Gasteiger partial charge in [-0.3, -0.25) is 9.80 Å². The molecule has 0 unspecified atom stereocenters. The molecule has 1 saturated heterocycles. The Kier molecular flexibility index (Phi) is 6.41. The molecule has 1 N–H and O–H groups in total. The van der Waals surface area contributed by atoms with Crippen LogP contribution in [0.4, 0.5) is 0 Å². The predicted octanol–water partition coefficient (Wildman–Crippen LogP) is 2.99. The van der Waals surface area contributed by atoms with Crippen LogP contribution in [0.5, 0.6) is 11.5 Å². The highest BCUT2D eigenvalue weighted by Crippen LogP contribution is 2.33. The highest BCUT2D eigenvalue weighted by molar-refractivity contribution is 5.44. The van der Waals surface area contributed by atoms with E-state index in [2.05, 4.69) is 46.2 Å². The molecular formula is C25H32N2O4. The summed E-state index contributed by atoms with van der Waals surface area (Å²) in [5, 5.41) is 10.6. The second kappa shape index (κ2) is 9.57. The number of piperazine rings is 1. The molecule has 0 radical (unpaired) electrons. The molecule has 3 aliphatic rings. The summed E-state index contributed by atoms with van der Waals surface area (Å²) in [6, 6.07) is 14.7. The van der Waals surface area contributed by atoms with Crippen molar-refractivity contribution in [3.05, 3.63) is 59.2 Å². The normalized spacial score (nSPS) is 22.3. The van der Waals surface area contributed by atoms with E-state index in [0.29, 0.717) is 19.9 Å². The van der Waals surface area contributed by atoms with Crippen molar-refractivity contribution < 1.29 is 19.3 Å². The van der Waals surface area contributed by atoms with Crippen LogP contribution in [0.25, 0.3) is 0 Å². The van der Waals surface area contributed by atoms with Gasteiger partial charge in [0.05, 0.1) is 18.8 Å². The molecule has 6 nitrogen and oxygen atoms in total. The molecule has 0 spiro atoms. The van der Waals surface area contributed by atoms with Crippen molar-refractivity contribution in [1.82, 2.24) is 9.80 Å². The highest BCUT2D eigenvalue weighted by atomic mass is 16.7. The van der Waals surface area contributed by atoms with Crippen molar-refractivity contribution in [2.24, 2.45) is 0 Å². The average molecular weight is 425 g/mol. The van der Waals surface area contributed by atoms with Gasteiger partial charge in [-0.1, -0.05) is 30.3 Å². The lowest BCUT2D eigenvalue weighted by atomic mass is 9.89. The third kappa shape index (κ3) is 5.04. The van der Waals surface area contributed by atoms with Crippen LogP contribution in [0.3, 0.4) is 0 Å². The molecule has 2 aliphatic heterocycles. The molecule has 2 atom stereocenters. The van der Waals surface area contributed by atoms with E-state index < -0.39 is 6.10 Å². The number of hydrogen-bond acceptors (Lipinski definition) is 6. The van der Waals surface area contributed by atoms with Gasteiger partial charge in [0.2, 0.25) is 6.79 Å². The molecule has 0 aromatic heterocycles. The summed E-state index contributed by atoms with van der Waals surface area (Å²) in [4.78, 5) is 4.80. The van der Waals surface area contributed by atoms with Gasteiger partial charge in [0, 0.05) is 39.3 Å². The number of rotatable bonds is 7. The molecule has 31 heavy (non-hydrogen) atoms. The topological polar surface area (TPSA) is 54.4 Å². The third-order valence-electron chi connectivity index (χ3n) is 6.58. The second-order valence-electron chi connectivity index (χ2n) is 8.83. The quantitative estimate of drug-likeness (QED) is 0.738. The minimum absolute atomic E-state index is 0.123. The molecule has 0 amide bonds. The van der Waals surface area contributed by atoms with Crippen LogP contribution < -0.4 is 9.47 Å². The van der Waals surface area contributed by atoms with Crippen molar-refractivity contribution in [1.29, 1.82) is 0 Å². The van der Waals surface area contributed by atoms with Crippen LogP contribution in [0, 0.1) is 0 Å². The van der Waals surface area contributed by atoms with E-state index in [4.69, 9.17) is 14.2 Å². The summed E-state index contributed by atoms with van der Waals surface area (Å²) in [6.45, 7) is 6.23. The fraction of sp³-hybridized carbons (Fsp3) is 0.520. The first kappa shape index (κ1) is 20.8. The van der Waals surface area contributed by atoms with Crippen LogP contribution >= 0.6 is 0 Å². The Morgan fingerprint density at radius 3 is 2.71 bits per heavy atom. The number of benzene rings is 2. The van der Waals surface area contributed by atoms with Gasteiger partial charge < -0.3 is 19.3 Å². The second-order valence-corrected chi connectivity index (χ2v) is 8.83. The van der Waals surface area contributed by atoms with Gasteiger partial charge in [0.25, 0.3) is 0 Å². The van der Waals surface area contributed by atoms with Gasteiger partial charge in [-0.15, -0.1) is 0 Å². The Balaban J connectivity index is 1.05. The Bertz CT molecular complexity index is 882. The molecular weight excluding hydrogens is 392 g/mol. The summed E-state index contributed by atoms with van der Waals surface area (Å²) in [5.74, 6) is 1.68. The number of hydrogen-bond donors (Lipinski definition) is 1. The largest absolute Gasteiger partial charge is 0.454 e. The van der Waals surface area contributed by atoms with Gasteiger partial charge in [-0.2, -0.15) is 0 Å². The van der Waals surface area contributed by atoms with Gasteiger partial charge in [0.1, 0.15) is 0 Å². The molecule has 2 aromatic rings. The summed E-state index contributed by atoms with van der Waals surface area (Å²) in [5.41, 5.74) is 3.95. The first-order valence-electron chi connectivity index (χ1n) is 11.5. The maximum atomic E-state index is 10.6. The third-order valence-corrected chi connectivity index (χ3v) is 6.58. The summed E-state index contributed by atoms with van der Waals surface area (Å²) >= 11 is 0. The fourth-order valence-electron chi connectivity index (χ4n) is 4.89. The molecule has 166 valence electrons. The lowest BCUT2D eigenvalue weighted by Gasteiger charge is -2.36. The van der Waals surface area contributed by atoms with Gasteiger partial charge >= 0.3 is 0 Å². The van der Waals surface area contributed by atoms with Gasteiger partial charge in [-0.25, -0.2) is 0 Å². The first-order chi connectivity index (χ1) is 15.2. The maximum absolute atomic E-state index is 10.6. The van der Waals surface area contributed by atoms with Crippen molar-refractivity contribution in [2.75, 3.05) is 46.1 Å². The van der Waals surface area contributed by atoms with Crippen molar-refractivity contribution in [3.63, 3.8) is 0 Å². The van der Waals surface area contributed by atoms with E-state index in [0.717, 1.165) is 63.5 Å². The van der Waals surface area contributed by atoms with Crippen molar-refractivity contribution >= 4 is 0 Å². The fourth-order valence-corrected chi connectivity index (χ4v) is 4.89. The number of nitrogens with zero attached hydrogens (tertiary/aromatic N) is 2. The van der Waals surface area contributed by atoms with Crippen LogP contribution in [0.1, 0.15) is 35.6 Å². The molecule has 5 rings (SSSR count). The van der Waals surface area contributed by atoms with E-state index in [1.54, 1.807) is 0 Å². The SMILES string of the molecule is O[C@@H](CO[C@@H]1CCCc2ccccc21)CN1CCN(Cc2ccc3c(c2)OCO3)CC1. The molecule has 2 aromatic carbocycles. The van der Waals surface area contributed by atoms with Crippen LogP contribution in [0.15, 0.2) is 42.5 Å². The number of aliphatic hydroxyl groups is 1. The van der Waals surface area contributed by atoms with E-state index in [1.807, 2.05) is 6.07 Å². The zero-order valence-electron chi connectivity index (χ0n) is 18.0. The lowest BCUT2D eigenvalue weighted by Crippen LogP contribution is -2.48. The first-order valence-corrected chi connectivity index (χ1v) is 11.5. The molecule has 0 saturated carbocycles. The number of aryl methyl sites for hydroxylation is 1. The Labute approximate surface area is 184 Å². The molecule has 1 aliphatic carbocycles. The van der Waals surface area contributed by atoms with Gasteiger partial charge in [0.15, 0.2) is 11.5 Å².